The number of likely N-dealkylation sites (tertiary alicyclic amines) is 1. The molecule has 1 amide bonds. The summed E-state index contributed by atoms with van der Waals surface area (Å²) in [5.41, 5.74) is 0.621. The average Bonchev–Trinajstić information content (AvgIpc) is 2.72. The average molecular weight is 178 g/mol. The summed E-state index contributed by atoms with van der Waals surface area (Å²) in [5, 5.41) is 0. The Labute approximate surface area is 77.3 Å². The van der Waals surface area contributed by atoms with Crippen LogP contribution in [0.5, 0.6) is 0 Å². The van der Waals surface area contributed by atoms with E-state index in [2.05, 4.69) is 6.92 Å². The molecule has 1 aliphatic heterocycles. The molecule has 1 saturated heterocycles. The molecule has 1 aliphatic rings. The van der Waals surface area contributed by atoms with Crippen LogP contribution in [-0.4, -0.2) is 23.4 Å². The van der Waals surface area contributed by atoms with E-state index in [0.29, 0.717) is 5.56 Å². The van der Waals surface area contributed by atoms with Gasteiger partial charge in [0.1, 0.15) is 6.26 Å². The number of carbonyl (C=O) groups is 1. The molecule has 0 unspecified atom stereocenters. The van der Waals surface area contributed by atoms with Crippen LogP contribution in [0, 0.1) is 6.92 Å². The third kappa shape index (κ3) is 1.46. The molecule has 0 aromatic carbocycles. The molecule has 13 heavy (non-hydrogen) atoms. The van der Waals surface area contributed by atoms with Crippen LogP contribution in [0.4, 0.5) is 0 Å². The van der Waals surface area contributed by atoms with E-state index in [1.165, 1.54) is 12.5 Å². The second-order valence-electron chi connectivity index (χ2n) is 3.31. The smallest absolute Gasteiger partial charge is 0.257 e. The van der Waals surface area contributed by atoms with Crippen LogP contribution >= 0.6 is 0 Å². The van der Waals surface area contributed by atoms with Gasteiger partial charge in [-0.1, -0.05) is 0 Å². The summed E-state index contributed by atoms with van der Waals surface area (Å²) in [4.78, 5) is 13.5. The van der Waals surface area contributed by atoms with Crippen LogP contribution in [-0.2, 0) is 0 Å². The number of rotatable bonds is 1. The number of hydrogen-bond acceptors (Lipinski definition) is 2. The van der Waals surface area contributed by atoms with Gasteiger partial charge in [0, 0.05) is 12.6 Å². The van der Waals surface area contributed by atoms with Crippen LogP contribution in [0.25, 0.3) is 0 Å². The maximum absolute atomic E-state index is 11.7. The van der Waals surface area contributed by atoms with Crippen molar-refractivity contribution in [2.75, 3.05) is 6.54 Å². The van der Waals surface area contributed by atoms with E-state index >= 15 is 0 Å². The number of hydrogen-bond donors (Lipinski definition) is 0. The highest BCUT2D eigenvalue weighted by molar-refractivity contribution is 5.94. The molecule has 2 heterocycles. The van der Waals surface area contributed by atoms with Crippen molar-refractivity contribution in [1.82, 2.24) is 4.90 Å². The first-order chi connectivity index (χ1) is 6.29. The largest absolute Gasteiger partial charge is 0.472 e. The fraction of sp³-hybridized carbons (Fsp3) is 0.400. The van der Waals surface area contributed by atoms with E-state index in [0.717, 1.165) is 19.4 Å². The lowest BCUT2D eigenvalue weighted by Gasteiger charge is -2.20. The first-order valence-electron chi connectivity index (χ1n) is 4.45. The minimum absolute atomic E-state index is 0.0336. The Morgan fingerprint density at radius 3 is 3.08 bits per heavy atom. The number of amides is 1. The Hall–Kier alpha value is -1.25. The highest BCUT2D eigenvalue weighted by Gasteiger charge is 2.26. The van der Waals surface area contributed by atoms with Gasteiger partial charge in [0.2, 0.25) is 0 Å². The SMILES string of the molecule is [CH2][C@H]1CCCN1C(=O)c1ccoc1. The van der Waals surface area contributed by atoms with Gasteiger partial charge in [-0.05, 0) is 25.8 Å². The fourth-order valence-electron chi connectivity index (χ4n) is 1.66. The molecule has 0 spiro atoms. The highest BCUT2D eigenvalue weighted by atomic mass is 16.3. The van der Waals surface area contributed by atoms with Crippen molar-refractivity contribution < 1.29 is 9.21 Å². The molecule has 1 radical (unpaired) electrons. The zero-order valence-electron chi connectivity index (χ0n) is 7.40. The molecule has 2 rings (SSSR count). The normalized spacial score (nSPS) is 22.2. The summed E-state index contributed by atoms with van der Waals surface area (Å²) < 4.78 is 4.86. The van der Waals surface area contributed by atoms with Crippen molar-refractivity contribution in [3.05, 3.63) is 31.1 Å². The third-order valence-electron chi connectivity index (χ3n) is 2.41. The monoisotopic (exact) mass is 178 g/mol. The van der Waals surface area contributed by atoms with Gasteiger partial charge >= 0.3 is 0 Å². The second kappa shape index (κ2) is 3.24. The summed E-state index contributed by atoms with van der Waals surface area (Å²) in [6.07, 6.45) is 5.05. The number of carbonyl (C=O) groups excluding carboxylic acids is 1. The zero-order chi connectivity index (χ0) is 9.26. The lowest BCUT2D eigenvalue weighted by molar-refractivity contribution is 0.0759. The van der Waals surface area contributed by atoms with Crippen molar-refractivity contribution in [3.8, 4) is 0 Å². The Morgan fingerprint density at radius 1 is 1.69 bits per heavy atom. The van der Waals surface area contributed by atoms with E-state index < -0.39 is 0 Å². The maximum atomic E-state index is 11.7. The predicted molar refractivity (Wildman–Crippen MR) is 48.1 cm³/mol. The summed E-state index contributed by atoms with van der Waals surface area (Å²) in [6.45, 7) is 4.74. The van der Waals surface area contributed by atoms with E-state index in [1.54, 1.807) is 11.0 Å². The molecular weight excluding hydrogens is 166 g/mol. The first-order valence-corrected chi connectivity index (χ1v) is 4.45. The first kappa shape index (κ1) is 8.35. The molecule has 1 aromatic heterocycles. The van der Waals surface area contributed by atoms with Crippen LogP contribution in [0.2, 0.25) is 0 Å². The molecule has 1 fully saturated rings. The minimum Gasteiger partial charge on any atom is -0.472 e. The van der Waals surface area contributed by atoms with Crippen molar-refractivity contribution in [3.63, 3.8) is 0 Å². The lowest BCUT2D eigenvalue weighted by Crippen LogP contribution is -2.33. The van der Waals surface area contributed by atoms with Crippen molar-refractivity contribution >= 4 is 5.91 Å². The zero-order valence-corrected chi connectivity index (χ0v) is 7.40. The van der Waals surface area contributed by atoms with Gasteiger partial charge in [0.15, 0.2) is 0 Å². The van der Waals surface area contributed by atoms with Gasteiger partial charge in [-0.15, -0.1) is 0 Å². The summed E-state index contributed by atoms with van der Waals surface area (Å²) in [6, 6.07) is 1.82. The fourth-order valence-corrected chi connectivity index (χ4v) is 1.66. The predicted octanol–water partition coefficient (Wildman–Crippen LogP) is 1.72. The second-order valence-corrected chi connectivity index (χ2v) is 3.31. The van der Waals surface area contributed by atoms with Crippen molar-refractivity contribution in [2.24, 2.45) is 0 Å². The Bertz CT molecular complexity index is 292. The maximum Gasteiger partial charge on any atom is 0.257 e. The quantitative estimate of drug-likeness (QED) is 0.656. The van der Waals surface area contributed by atoms with Crippen molar-refractivity contribution in [2.45, 2.75) is 18.9 Å². The van der Waals surface area contributed by atoms with E-state index in [9.17, 15) is 4.79 Å². The number of nitrogens with zero attached hydrogens (tertiary/aromatic N) is 1. The molecule has 0 saturated carbocycles. The van der Waals surface area contributed by atoms with Crippen molar-refractivity contribution in [1.29, 1.82) is 0 Å². The van der Waals surface area contributed by atoms with E-state index in [4.69, 9.17) is 4.42 Å². The Kier molecular flexibility index (Phi) is 2.08. The summed E-state index contributed by atoms with van der Waals surface area (Å²) in [7, 11) is 0. The molecule has 69 valence electrons. The Balaban J connectivity index is 2.13. The molecule has 0 N–H and O–H groups in total. The van der Waals surface area contributed by atoms with Crippen LogP contribution in [0.1, 0.15) is 23.2 Å². The standard InChI is InChI=1S/C10H12NO2/c1-8-3-2-5-11(8)10(12)9-4-6-13-7-9/h4,6-8H,1-3,5H2/t8-/m0/s1. The summed E-state index contributed by atoms with van der Waals surface area (Å²) >= 11 is 0. The molecule has 3 nitrogen and oxygen atoms in total. The molecule has 3 heteroatoms. The van der Waals surface area contributed by atoms with Gasteiger partial charge in [-0.3, -0.25) is 4.79 Å². The van der Waals surface area contributed by atoms with Gasteiger partial charge in [-0.25, -0.2) is 0 Å². The van der Waals surface area contributed by atoms with Crippen LogP contribution in [0.3, 0.4) is 0 Å². The third-order valence-corrected chi connectivity index (χ3v) is 2.41. The lowest BCUT2D eigenvalue weighted by atomic mass is 10.2. The molecule has 0 aliphatic carbocycles. The Morgan fingerprint density at radius 2 is 2.54 bits per heavy atom. The van der Waals surface area contributed by atoms with Crippen LogP contribution in [0.15, 0.2) is 23.0 Å². The van der Waals surface area contributed by atoms with Gasteiger partial charge in [0.05, 0.1) is 11.8 Å². The summed E-state index contributed by atoms with van der Waals surface area (Å²) in [5.74, 6) is 0.0336. The van der Waals surface area contributed by atoms with Crippen LogP contribution < -0.4 is 0 Å². The molecule has 0 bridgehead atoms. The minimum atomic E-state index is 0.0336. The molecule has 1 aromatic rings. The molecular formula is C10H12NO2. The molecule has 1 atom stereocenters. The highest BCUT2D eigenvalue weighted by Crippen LogP contribution is 2.19. The van der Waals surface area contributed by atoms with Gasteiger partial charge in [-0.2, -0.15) is 0 Å². The topological polar surface area (TPSA) is 33.5 Å². The van der Waals surface area contributed by atoms with E-state index in [-0.39, 0.29) is 11.9 Å². The number of furan rings is 1. The van der Waals surface area contributed by atoms with Gasteiger partial charge in [0.25, 0.3) is 5.91 Å². The van der Waals surface area contributed by atoms with E-state index in [1.807, 2.05) is 0 Å². The van der Waals surface area contributed by atoms with Gasteiger partial charge < -0.3 is 9.32 Å².